The van der Waals surface area contributed by atoms with Crippen molar-refractivity contribution < 1.29 is 14.3 Å². The number of hydrogen-bond donors (Lipinski definition) is 1. The second-order valence-electron chi connectivity index (χ2n) is 5.25. The summed E-state index contributed by atoms with van der Waals surface area (Å²) in [7, 11) is 1.30. The fourth-order valence-corrected chi connectivity index (χ4v) is 3.87. The summed E-state index contributed by atoms with van der Waals surface area (Å²) < 4.78 is 6.98. The molecule has 0 bridgehead atoms. The Bertz CT molecular complexity index is 967. The molecule has 2 aromatic heterocycles. The molecule has 0 aliphatic rings. The van der Waals surface area contributed by atoms with Crippen LogP contribution in [0.2, 0.25) is 10.0 Å². The molecule has 3 aromatic rings. The number of anilines is 1. The molecule has 130 valence electrons. The quantitative estimate of drug-likeness (QED) is 0.662. The lowest BCUT2D eigenvalue weighted by molar-refractivity contribution is -0.119. The van der Waals surface area contributed by atoms with Gasteiger partial charge >= 0.3 is 5.97 Å². The zero-order valence-electron chi connectivity index (χ0n) is 13.2. The van der Waals surface area contributed by atoms with Crippen LogP contribution in [0.4, 0.5) is 5.69 Å². The van der Waals surface area contributed by atoms with Crippen LogP contribution in [-0.4, -0.2) is 28.8 Å². The van der Waals surface area contributed by atoms with Gasteiger partial charge in [0.2, 0.25) is 5.91 Å². The summed E-state index contributed by atoms with van der Waals surface area (Å²) in [5.41, 5.74) is 0.594. The number of ether oxygens (including phenoxy) is 1. The summed E-state index contributed by atoms with van der Waals surface area (Å²) in [6, 6.07) is 4.72. The molecular formula is C16H13Cl2N3O3S. The van der Waals surface area contributed by atoms with E-state index in [0.717, 1.165) is 10.1 Å². The van der Waals surface area contributed by atoms with Crippen molar-refractivity contribution in [3.8, 4) is 0 Å². The molecule has 1 amide bonds. The fraction of sp³-hybridized carbons (Fsp3) is 0.188. The lowest BCUT2D eigenvalue weighted by Gasteiger charge is -2.12. The van der Waals surface area contributed by atoms with Gasteiger partial charge in [-0.15, -0.1) is 11.3 Å². The lowest BCUT2D eigenvalue weighted by atomic mass is 10.2. The molecule has 0 aliphatic carbocycles. The number of hydrogen-bond acceptors (Lipinski definition) is 5. The highest BCUT2D eigenvalue weighted by Crippen LogP contribution is 2.37. The van der Waals surface area contributed by atoms with Crippen molar-refractivity contribution in [2.24, 2.45) is 0 Å². The minimum atomic E-state index is -0.527. The van der Waals surface area contributed by atoms with E-state index in [1.807, 2.05) is 0 Å². The molecule has 6 nitrogen and oxygen atoms in total. The molecule has 3 rings (SSSR count). The number of rotatable bonds is 4. The average Bonchev–Trinajstić information content (AvgIpc) is 3.17. The molecule has 0 fully saturated rings. The van der Waals surface area contributed by atoms with Crippen molar-refractivity contribution >= 4 is 62.2 Å². The van der Waals surface area contributed by atoms with Crippen molar-refractivity contribution in [3.63, 3.8) is 0 Å². The van der Waals surface area contributed by atoms with Gasteiger partial charge in [-0.3, -0.25) is 9.48 Å². The predicted octanol–water partition coefficient (Wildman–Crippen LogP) is 4.39. The molecule has 1 atom stereocenters. The molecule has 1 unspecified atom stereocenters. The fourth-order valence-electron chi connectivity index (χ4n) is 2.26. The van der Waals surface area contributed by atoms with Crippen LogP contribution in [0.3, 0.4) is 0 Å². The zero-order chi connectivity index (χ0) is 18.1. The van der Waals surface area contributed by atoms with Gasteiger partial charge in [-0.05, 0) is 25.1 Å². The van der Waals surface area contributed by atoms with Crippen LogP contribution in [0.15, 0.2) is 30.6 Å². The molecular weight excluding hydrogens is 385 g/mol. The highest BCUT2D eigenvalue weighted by Gasteiger charge is 2.19. The third kappa shape index (κ3) is 3.49. The van der Waals surface area contributed by atoms with E-state index >= 15 is 0 Å². The first-order valence-corrected chi connectivity index (χ1v) is 8.79. The van der Waals surface area contributed by atoms with E-state index in [9.17, 15) is 9.59 Å². The van der Waals surface area contributed by atoms with Crippen LogP contribution < -0.4 is 5.32 Å². The number of nitrogens with one attached hydrogen (secondary N) is 1. The number of halogens is 2. The van der Waals surface area contributed by atoms with Gasteiger partial charge in [0.15, 0.2) is 0 Å². The lowest BCUT2D eigenvalue weighted by Crippen LogP contribution is -2.23. The summed E-state index contributed by atoms with van der Waals surface area (Å²) in [5, 5.41) is 8.39. The van der Waals surface area contributed by atoms with Gasteiger partial charge in [0.1, 0.15) is 10.9 Å². The molecule has 9 heteroatoms. The molecule has 0 saturated heterocycles. The molecule has 0 aliphatic heterocycles. The molecule has 2 heterocycles. The maximum absolute atomic E-state index is 12.4. The number of methoxy groups -OCH3 is 1. The summed E-state index contributed by atoms with van der Waals surface area (Å²) in [5.74, 6) is -0.726. The summed E-state index contributed by atoms with van der Waals surface area (Å²) >= 11 is 13.3. The van der Waals surface area contributed by atoms with Crippen molar-refractivity contribution in [2.75, 3.05) is 12.4 Å². The van der Waals surface area contributed by atoms with Crippen LogP contribution in [-0.2, 0) is 9.53 Å². The van der Waals surface area contributed by atoms with Crippen LogP contribution in [0.5, 0.6) is 0 Å². The van der Waals surface area contributed by atoms with E-state index in [1.54, 1.807) is 31.3 Å². The van der Waals surface area contributed by atoms with Gasteiger partial charge < -0.3 is 10.1 Å². The van der Waals surface area contributed by atoms with Crippen molar-refractivity contribution in [1.29, 1.82) is 0 Å². The van der Waals surface area contributed by atoms with Gasteiger partial charge in [-0.2, -0.15) is 5.10 Å². The largest absolute Gasteiger partial charge is 0.465 e. The Kier molecular flexibility index (Phi) is 4.99. The normalized spacial score (nSPS) is 12.2. The Balaban J connectivity index is 1.84. The van der Waals surface area contributed by atoms with Gasteiger partial charge in [-0.1, -0.05) is 23.2 Å². The Hall–Kier alpha value is -2.09. The first-order chi connectivity index (χ1) is 11.9. The summed E-state index contributed by atoms with van der Waals surface area (Å²) in [4.78, 5) is 24.4. The van der Waals surface area contributed by atoms with E-state index in [-0.39, 0.29) is 5.91 Å². The van der Waals surface area contributed by atoms with Gasteiger partial charge in [0.25, 0.3) is 0 Å². The van der Waals surface area contributed by atoms with Crippen molar-refractivity contribution in [3.05, 3.63) is 45.5 Å². The highest BCUT2D eigenvalue weighted by molar-refractivity contribution is 7.21. The van der Waals surface area contributed by atoms with Crippen molar-refractivity contribution in [1.82, 2.24) is 9.78 Å². The zero-order valence-corrected chi connectivity index (χ0v) is 15.6. The third-order valence-electron chi connectivity index (χ3n) is 3.61. The second-order valence-corrected chi connectivity index (χ2v) is 7.12. The maximum atomic E-state index is 12.4. The SMILES string of the molecule is COC(=O)c1sc2cc(NC(=O)C(C)n3cc(Cl)cn3)ccc2c1Cl. The average molecular weight is 398 g/mol. The Labute approximate surface area is 157 Å². The third-order valence-corrected chi connectivity index (χ3v) is 5.45. The van der Waals surface area contributed by atoms with Crippen LogP contribution >= 0.6 is 34.5 Å². The van der Waals surface area contributed by atoms with Gasteiger partial charge in [-0.25, -0.2) is 4.79 Å². The van der Waals surface area contributed by atoms with E-state index in [4.69, 9.17) is 27.9 Å². The highest BCUT2D eigenvalue weighted by atomic mass is 35.5. The standard InChI is InChI=1S/C16H13Cl2N3O3S/c1-8(21-7-9(17)6-19-21)15(22)20-10-3-4-11-12(5-10)25-14(13(11)18)16(23)24-2/h3-8H,1-2H3,(H,20,22). The minimum Gasteiger partial charge on any atom is -0.465 e. The van der Waals surface area contributed by atoms with Crippen LogP contribution in [0.1, 0.15) is 22.6 Å². The number of benzene rings is 1. The molecule has 0 radical (unpaired) electrons. The number of thiophene rings is 1. The predicted molar refractivity (Wildman–Crippen MR) is 98.8 cm³/mol. The first kappa shape index (κ1) is 17.7. The number of carbonyl (C=O) groups excluding carboxylic acids is 2. The molecule has 1 aromatic carbocycles. The van der Waals surface area contributed by atoms with E-state index < -0.39 is 12.0 Å². The van der Waals surface area contributed by atoms with Gasteiger partial charge in [0.05, 0.1) is 23.4 Å². The Morgan fingerprint density at radius 1 is 1.36 bits per heavy atom. The number of carbonyl (C=O) groups is 2. The second kappa shape index (κ2) is 7.03. The number of aromatic nitrogens is 2. The number of nitrogens with zero attached hydrogens (tertiary/aromatic N) is 2. The van der Waals surface area contributed by atoms with Gasteiger partial charge in [0, 0.05) is 22.0 Å². The van der Waals surface area contributed by atoms with Crippen LogP contribution in [0.25, 0.3) is 10.1 Å². The first-order valence-electron chi connectivity index (χ1n) is 7.21. The number of fused-ring (bicyclic) bond motifs is 1. The number of amides is 1. The minimum absolute atomic E-state index is 0.241. The molecule has 0 saturated carbocycles. The van der Waals surface area contributed by atoms with Crippen LogP contribution in [0, 0.1) is 0 Å². The van der Waals surface area contributed by atoms with E-state index in [1.165, 1.54) is 29.3 Å². The monoisotopic (exact) mass is 397 g/mol. The number of esters is 1. The summed E-state index contributed by atoms with van der Waals surface area (Å²) in [6.07, 6.45) is 3.05. The summed E-state index contributed by atoms with van der Waals surface area (Å²) in [6.45, 7) is 1.72. The molecule has 0 spiro atoms. The Morgan fingerprint density at radius 3 is 2.76 bits per heavy atom. The van der Waals surface area contributed by atoms with E-state index in [0.29, 0.717) is 20.6 Å². The Morgan fingerprint density at radius 2 is 2.12 bits per heavy atom. The topological polar surface area (TPSA) is 73.2 Å². The smallest absolute Gasteiger partial charge is 0.349 e. The maximum Gasteiger partial charge on any atom is 0.349 e. The van der Waals surface area contributed by atoms with E-state index in [2.05, 4.69) is 10.4 Å². The molecule has 1 N–H and O–H groups in total. The molecule has 25 heavy (non-hydrogen) atoms. The van der Waals surface area contributed by atoms with Crippen molar-refractivity contribution in [2.45, 2.75) is 13.0 Å².